The van der Waals surface area contributed by atoms with Gasteiger partial charge in [-0.15, -0.1) is 0 Å². The van der Waals surface area contributed by atoms with Crippen LogP contribution >= 0.6 is 0 Å². The van der Waals surface area contributed by atoms with Crippen LogP contribution in [-0.4, -0.2) is 20.9 Å². The summed E-state index contributed by atoms with van der Waals surface area (Å²) < 4.78 is 0. The molecule has 1 N–H and O–H groups in total. The first-order valence-corrected chi connectivity index (χ1v) is 3.76. The van der Waals surface area contributed by atoms with Crippen molar-refractivity contribution in [2.45, 2.75) is 37.5 Å². The van der Waals surface area contributed by atoms with Crippen LogP contribution in [0.1, 0.15) is 25.7 Å². The molecule has 1 aliphatic rings. The van der Waals surface area contributed by atoms with Crippen molar-refractivity contribution in [3.05, 3.63) is 0 Å². The van der Waals surface area contributed by atoms with Gasteiger partial charge in [0.05, 0.1) is 7.85 Å². The average molecular weight is 123 g/mol. The van der Waals surface area contributed by atoms with Crippen molar-refractivity contribution in [1.29, 1.82) is 0 Å². The first-order chi connectivity index (χ1) is 4.33. The highest BCUT2D eigenvalue weighted by molar-refractivity contribution is 6.11. The van der Waals surface area contributed by atoms with Gasteiger partial charge in [-0.25, -0.2) is 0 Å². The second-order valence-corrected chi connectivity index (χ2v) is 2.91. The molecule has 0 amide bonds. The van der Waals surface area contributed by atoms with Gasteiger partial charge >= 0.3 is 0 Å². The molecule has 1 aliphatic carbocycles. The Kier molecular flexibility index (Phi) is 2.58. The topological polar surface area (TPSA) is 12.0 Å². The van der Waals surface area contributed by atoms with E-state index in [4.69, 9.17) is 7.85 Å². The zero-order valence-corrected chi connectivity index (χ0v) is 6.06. The second kappa shape index (κ2) is 3.26. The van der Waals surface area contributed by atoms with Gasteiger partial charge < -0.3 is 5.32 Å². The Bertz CT molecular complexity index is 85.0. The molecule has 1 fully saturated rings. The van der Waals surface area contributed by atoms with Crippen LogP contribution in [0.25, 0.3) is 0 Å². The molecule has 2 radical (unpaired) electrons. The highest BCUT2D eigenvalue weighted by Gasteiger charge is 2.15. The Hall–Kier alpha value is 0.0249. The van der Waals surface area contributed by atoms with E-state index >= 15 is 0 Å². The van der Waals surface area contributed by atoms with Gasteiger partial charge in [0.15, 0.2) is 0 Å². The largest absolute Gasteiger partial charge is 0.317 e. The van der Waals surface area contributed by atoms with E-state index in [0.29, 0.717) is 11.9 Å². The summed E-state index contributed by atoms with van der Waals surface area (Å²) in [5.74, 6) is 0.455. The average Bonchev–Trinajstić information content (AvgIpc) is 1.88. The summed E-state index contributed by atoms with van der Waals surface area (Å²) in [5, 5.41) is 3.25. The summed E-state index contributed by atoms with van der Waals surface area (Å²) >= 11 is 0. The highest BCUT2D eigenvalue weighted by atomic mass is 14.9. The Balaban J connectivity index is 2.23. The summed E-state index contributed by atoms with van der Waals surface area (Å²) in [6.07, 6.45) is 4.99. The van der Waals surface area contributed by atoms with E-state index in [1.54, 1.807) is 0 Å². The third-order valence-corrected chi connectivity index (χ3v) is 2.12. The SMILES string of the molecule is [B][C@@H]1CCC[C@H](NC)C1. The zero-order chi connectivity index (χ0) is 6.69. The van der Waals surface area contributed by atoms with Crippen LogP contribution in [0.3, 0.4) is 0 Å². The van der Waals surface area contributed by atoms with Gasteiger partial charge in [-0.3, -0.25) is 0 Å². The van der Waals surface area contributed by atoms with E-state index < -0.39 is 0 Å². The maximum Gasteiger partial charge on any atom is 0.0700 e. The van der Waals surface area contributed by atoms with Crippen LogP contribution in [-0.2, 0) is 0 Å². The molecule has 2 atom stereocenters. The van der Waals surface area contributed by atoms with Crippen molar-refractivity contribution < 1.29 is 0 Å². The Morgan fingerprint density at radius 1 is 1.44 bits per heavy atom. The molecule has 0 heterocycles. The minimum absolute atomic E-state index is 0.455. The molecule has 50 valence electrons. The van der Waals surface area contributed by atoms with E-state index in [9.17, 15) is 0 Å². The van der Waals surface area contributed by atoms with E-state index in [-0.39, 0.29) is 0 Å². The molecule has 1 rings (SSSR count). The van der Waals surface area contributed by atoms with E-state index in [1.165, 1.54) is 19.3 Å². The smallest absolute Gasteiger partial charge is 0.0700 e. The summed E-state index contributed by atoms with van der Waals surface area (Å²) in [7, 11) is 7.78. The lowest BCUT2D eigenvalue weighted by molar-refractivity contribution is 0.395. The molecule has 0 aromatic rings. The van der Waals surface area contributed by atoms with E-state index in [1.807, 2.05) is 7.05 Å². The lowest BCUT2D eigenvalue weighted by atomic mass is 9.74. The van der Waals surface area contributed by atoms with Crippen LogP contribution in [0, 0.1) is 0 Å². The van der Waals surface area contributed by atoms with Crippen molar-refractivity contribution in [2.75, 3.05) is 7.05 Å². The van der Waals surface area contributed by atoms with Crippen molar-refractivity contribution in [3.63, 3.8) is 0 Å². The quantitative estimate of drug-likeness (QED) is 0.515. The first-order valence-electron chi connectivity index (χ1n) is 3.76. The van der Waals surface area contributed by atoms with Crippen molar-refractivity contribution >= 4 is 7.85 Å². The lowest BCUT2D eigenvalue weighted by Crippen LogP contribution is -2.29. The highest BCUT2D eigenvalue weighted by Crippen LogP contribution is 2.25. The third-order valence-electron chi connectivity index (χ3n) is 2.12. The molecule has 0 unspecified atom stereocenters. The van der Waals surface area contributed by atoms with Crippen LogP contribution in [0.15, 0.2) is 0 Å². The summed E-state index contributed by atoms with van der Waals surface area (Å²) in [4.78, 5) is 0. The van der Waals surface area contributed by atoms with Gasteiger partial charge in [0.25, 0.3) is 0 Å². The number of nitrogens with one attached hydrogen (secondary N) is 1. The standard InChI is InChI=1S/C7H14BN/c1-9-7-4-2-3-6(8)5-7/h6-7,9H,2-5H2,1H3/t6-,7+/m1/s1. The fraction of sp³-hybridized carbons (Fsp3) is 1.00. The predicted octanol–water partition coefficient (Wildman–Crippen LogP) is 1.11. The molecule has 9 heavy (non-hydrogen) atoms. The van der Waals surface area contributed by atoms with Gasteiger partial charge in [0.2, 0.25) is 0 Å². The van der Waals surface area contributed by atoms with Gasteiger partial charge in [0, 0.05) is 6.04 Å². The summed E-state index contributed by atoms with van der Waals surface area (Å²) in [6.45, 7) is 0. The Morgan fingerprint density at radius 3 is 2.67 bits per heavy atom. The monoisotopic (exact) mass is 123 g/mol. The molecular weight excluding hydrogens is 109 g/mol. The summed E-state index contributed by atoms with van der Waals surface area (Å²) in [5.41, 5.74) is 0. The second-order valence-electron chi connectivity index (χ2n) is 2.91. The molecule has 0 aliphatic heterocycles. The molecular formula is C7H14BN. The molecule has 1 nitrogen and oxygen atoms in total. The van der Waals surface area contributed by atoms with Crippen molar-refractivity contribution in [1.82, 2.24) is 5.32 Å². The maximum absolute atomic E-state index is 5.76. The van der Waals surface area contributed by atoms with Crippen LogP contribution < -0.4 is 5.32 Å². The fourth-order valence-corrected chi connectivity index (χ4v) is 1.49. The molecule has 0 aromatic heterocycles. The van der Waals surface area contributed by atoms with Crippen molar-refractivity contribution in [3.8, 4) is 0 Å². The van der Waals surface area contributed by atoms with Gasteiger partial charge in [0.1, 0.15) is 0 Å². The number of hydrogen-bond donors (Lipinski definition) is 1. The van der Waals surface area contributed by atoms with Gasteiger partial charge in [-0.05, 0) is 19.9 Å². The van der Waals surface area contributed by atoms with Crippen molar-refractivity contribution in [2.24, 2.45) is 0 Å². The molecule has 0 saturated heterocycles. The predicted molar refractivity (Wildman–Crippen MR) is 40.8 cm³/mol. The Labute approximate surface area is 58.6 Å². The zero-order valence-electron chi connectivity index (χ0n) is 6.06. The molecule has 0 bridgehead atoms. The number of rotatable bonds is 1. The number of hydrogen-bond acceptors (Lipinski definition) is 1. The van der Waals surface area contributed by atoms with Crippen LogP contribution in [0.2, 0.25) is 5.82 Å². The maximum atomic E-state index is 5.76. The fourth-order valence-electron chi connectivity index (χ4n) is 1.49. The lowest BCUT2D eigenvalue weighted by Gasteiger charge is -2.26. The van der Waals surface area contributed by atoms with E-state index in [0.717, 1.165) is 6.42 Å². The van der Waals surface area contributed by atoms with Gasteiger partial charge in [-0.1, -0.05) is 18.7 Å². The molecule has 1 saturated carbocycles. The van der Waals surface area contributed by atoms with E-state index in [2.05, 4.69) is 5.32 Å². The molecule has 0 spiro atoms. The van der Waals surface area contributed by atoms with Crippen LogP contribution in [0.5, 0.6) is 0 Å². The third kappa shape index (κ3) is 2.01. The van der Waals surface area contributed by atoms with Crippen LogP contribution in [0.4, 0.5) is 0 Å². The molecule has 2 heteroatoms. The minimum Gasteiger partial charge on any atom is -0.317 e. The Morgan fingerprint density at radius 2 is 2.22 bits per heavy atom. The summed E-state index contributed by atoms with van der Waals surface area (Å²) in [6, 6.07) is 0.689. The minimum atomic E-state index is 0.455. The first kappa shape index (κ1) is 7.14. The normalized spacial score (nSPS) is 36.6. The molecule has 0 aromatic carbocycles. The van der Waals surface area contributed by atoms with Gasteiger partial charge in [-0.2, -0.15) is 0 Å².